The highest BCUT2D eigenvalue weighted by Crippen LogP contribution is 2.10. The minimum Gasteiger partial charge on any atom is -0.348 e. The van der Waals surface area contributed by atoms with Crippen LogP contribution in [-0.4, -0.2) is 22.1 Å². The second-order valence-electron chi connectivity index (χ2n) is 4.07. The van der Waals surface area contributed by atoms with E-state index in [1.807, 2.05) is 20.8 Å². The lowest BCUT2D eigenvalue weighted by Crippen LogP contribution is -2.44. The summed E-state index contributed by atoms with van der Waals surface area (Å²) in [4.78, 5) is 11.7. The van der Waals surface area contributed by atoms with Gasteiger partial charge in [0.1, 0.15) is 10.0 Å². The van der Waals surface area contributed by atoms with Crippen LogP contribution in [0, 0.1) is 5.92 Å². The molecule has 0 radical (unpaired) electrons. The molecule has 0 spiro atoms. The second-order valence-corrected chi connectivity index (χ2v) is 5.22. The van der Waals surface area contributed by atoms with Crippen molar-refractivity contribution >= 4 is 17.2 Å². The van der Waals surface area contributed by atoms with Gasteiger partial charge >= 0.3 is 0 Å². The summed E-state index contributed by atoms with van der Waals surface area (Å²) in [5, 5.41) is 12.6. The molecule has 1 aromatic rings. The highest BCUT2D eigenvalue weighted by Gasteiger charge is 2.19. The first-order chi connectivity index (χ1) is 8.08. The molecular formula is C11H20N4OS. The first kappa shape index (κ1) is 14.1. The Morgan fingerprint density at radius 2 is 2.06 bits per heavy atom. The van der Waals surface area contributed by atoms with Gasteiger partial charge in [-0.3, -0.25) is 4.79 Å². The van der Waals surface area contributed by atoms with Crippen molar-refractivity contribution in [2.45, 2.75) is 46.2 Å². The summed E-state index contributed by atoms with van der Waals surface area (Å²) in [5.41, 5.74) is 5.82. The van der Waals surface area contributed by atoms with Gasteiger partial charge in [0.05, 0.1) is 12.6 Å². The topological polar surface area (TPSA) is 80.9 Å². The number of rotatable bonds is 6. The van der Waals surface area contributed by atoms with Gasteiger partial charge in [0.15, 0.2) is 0 Å². The molecule has 17 heavy (non-hydrogen) atoms. The molecule has 1 amide bonds. The molecule has 0 saturated heterocycles. The highest BCUT2D eigenvalue weighted by atomic mass is 32.1. The quantitative estimate of drug-likeness (QED) is 0.798. The maximum absolute atomic E-state index is 11.7. The van der Waals surface area contributed by atoms with Crippen LogP contribution in [0.1, 0.15) is 37.2 Å². The van der Waals surface area contributed by atoms with Crippen LogP contribution in [0.2, 0.25) is 0 Å². The summed E-state index contributed by atoms with van der Waals surface area (Å²) in [5.74, 6) is 0.0724. The maximum atomic E-state index is 11.7. The molecule has 0 aliphatic rings. The number of amides is 1. The number of hydrogen-bond donors (Lipinski definition) is 2. The number of carbonyl (C=O) groups excluding carboxylic acids is 1. The lowest BCUT2D eigenvalue weighted by Gasteiger charge is -2.17. The van der Waals surface area contributed by atoms with Crippen LogP contribution in [-0.2, 0) is 17.8 Å². The van der Waals surface area contributed by atoms with E-state index in [0.29, 0.717) is 6.54 Å². The maximum Gasteiger partial charge on any atom is 0.237 e. The fourth-order valence-corrected chi connectivity index (χ4v) is 2.02. The van der Waals surface area contributed by atoms with Crippen molar-refractivity contribution in [3.63, 3.8) is 0 Å². The molecule has 0 unspecified atom stereocenters. The van der Waals surface area contributed by atoms with Crippen LogP contribution in [0.25, 0.3) is 0 Å². The van der Waals surface area contributed by atoms with Crippen LogP contribution in [0.15, 0.2) is 0 Å². The van der Waals surface area contributed by atoms with Gasteiger partial charge in [0.25, 0.3) is 0 Å². The molecule has 0 bridgehead atoms. The van der Waals surface area contributed by atoms with Crippen molar-refractivity contribution in [3.05, 3.63) is 10.0 Å². The average Bonchev–Trinajstić information content (AvgIpc) is 2.81. The Labute approximate surface area is 106 Å². The van der Waals surface area contributed by atoms with Gasteiger partial charge in [-0.05, 0) is 12.3 Å². The molecule has 96 valence electrons. The van der Waals surface area contributed by atoms with Crippen LogP contribution >= 0.6 is 11.3 Å². The number of nitrogens with zero attached hydrogens (tertiary/aromatic N) is 2. The summed E-state index contributed by atoms with van der Waals surface area (Å²) < 4.78 is 0. The molecule has 1 heterocycles. The zero-order valence-electron chi connectivity index (χ0n) is 10.6. The average molecular weight is 256 g/mol. The number of carbonyl (C=O) groups is 1. The van der Waals surface area contributed by atoms with Gasteiger partial charge in [-0.2, -0.15) is 0 Å². The Morgan fingerprint density at radius 3 is 2.59 bits per heavy atom. The lowest BCUT2D eigenvalue weighted by molar-refractivity contribution is -0.123. The van der Waals surface area contributed by atoms with Crippen molar-refractivity contribution < 1.29 is 4.79 Å². The van der Waals surface area contributed by atoms with E-state index >= 15 is 0 Å². The van der Waals surface area contributed by atoms with Crippen LogP contribution < -0.4 is 11.1 Å². The summed E-state index contributed by atoms with van der Waals surface area (Å²) in [6.07, 6.45) is 1.77. The third-order valence-electron chi connectivity index (χ3n) is 2.78. The fraction of sp³-hybridized carbons (Fsp3) is 0.727. The number of aromatic nitrogens is 2. The third kappa shape index (κ3) is 4.05. The summed E-state index contributed by atoms with van der Waals surface area (Å²) in [6.45, 7) is 6.45. The largest absolute Gasteiger partial charge is 0.348 e. The van der Waals surface area contributed by atoms with E-state index in [0.717, 1.165) is 22.9 Å². The molecule has 1 rings (SSSR count). The fourth-order valence-electron chi connectivity index (χ4n) is 1.30. The smallest absolute Gasteiger partial charge is 0.237 e. The van der Waals surface area contributed by atoms with Gasteiger partial charge in [-0.1, -0.05) is 38.5 Å². The molecule has 0 aliphatic heterocycles. The van der Waals surface area contributed by atoms with E-state index in [2.05, 4.69) is 15.5 Å². The zero-order chi connectivity index (χ0) is 12.8. The van der Waals surface area contributed by atoms with Gasteiger partial charge in [-0.25, -0.2) is 0 Å². The van der Waals surface area contributed by atoms with Crippen molar-refractivity contribution in [1.82, 2.24) is 15.5 Å². The van der Waals surface area contributed by atoms with Gasteiger partial charge < -0.3 is 11.1 Å². The molecule has 5 nitrogen and oxygen atoms in total. The molecule has 0 fully saturated rings. The molecule has 0 saturated carbocycles. The van der Waals surface area contributed by atoms with Crippen LogP contribution in [0.3, 0.4) is 0 Å². The molecule has 2 atom stereocenters. The molecule has 3 N–H and O–H groups in total. The Morgan fingerprint density at radius 1 is 1.41 bits per heavy atom. The first-order valence-corrected chi connectivity index (χ1v) is 6.74. The molecule has 6 heteroatoms. The summed E-state index contributed by atoms with van der Waals surface area (Å²) >= 11 is 1.52. The normalized spacial score (nSPS) is 14.4. The number of hydrogen-bond acceptors (Lipinski definition) is 5. The number of nitrogens with two attached hydrogens (primary N) is 1. The number of aryl methyl sites for hydroxylation is 1. The molecule has 1 aromatic heterocycles. The Bertz CT molecular complexity index is 366. The zero-order valence-corrected chi connectivity index (χ0v) is 11.4. The standard InChI is InChI=1S/C11H20N4OS/c1-4-7(3)10(12)11(16)13-6-9-15-14-8(5-2)17-9/h7,10H,4-6,12H2,1-3H3,(H,13,16)/t7-,10-/m0/s1. The van der Waals surface area contributed by atoms with E-state index in [1.54, 1.807) is 0 Å². The van der Waals surface area contributed by atoms with Crippen molar-refractivity contribution in [2.75, 3.05) is 0 Å². The Balaban J connectivity index is 2.42. The summed E-state index contributed by atoms with van der Waals surface area (Å²) in [7, 11) is 0. The van der Waals surface area contributed by atoms with E-state index in [-0.39, 0.29) is 11.8 Å². The van der Waals surface area contributed by atoms with Crippen molar-refractivity contribution in [1.29, 1.82) is 0 Å². The highest BCUT2D eigenvalue weighted by molar-refractivity contribution is 7.11. The van der Waals surface area contributed by atoms with Crippen molar-refractivity contribution in [3.8, 4) is 0 Å². The lowest BCUT2D eigenvalue weighted by atomic mass is 9.99. The van der Waals surface area contributed by atoms with Crippen LogP contribution in [0.4, 0.5) is 0 Å². The monoisotopic (exact) mass is 256 g/mol. The van der Waals surface area contributed by atoms with Crippen LogP contribution in [0.5, 0.6) is 0 Å². The first-order valence-electron chi connectivity index (χ1n) is 5.93. The number of nitrogens with one attached hydrogen (secondary N) is 1. The Hall–Kier alpha value is -1.01. The van der Waals surface area contributed by atoms with Gasteiger partial charge in [0.2, 0.25) is 5.91 Å². The van der Waals surface area contributed by atoms with E-state index in [4.69, 9.17) is 5.73 Å². The van der Waals surface area contributed by atoms with E-state index < -0.39 is 6.04 Å². The molecular weight excluding hydrogens is 236 g/mol. The van der Waals surface area contributed by atoms with E-state index in [1.165, 1.54) is 11.3 Å². The Kier molecular flexibility index (Phi) is 5.50. The molecule has 0 aromatic carbocycles. The van der Waals surface area contributed by atoms with Gasteiger partial charge in [-0.15, -0.1) is 10.2 Å². The van der Waals surface area contributed by atoms with Crippen molar-refractivity contribution in [2.24, 2.45) is 11.7 Å². The third-order valence-corrected chi connectivity index (χ3v) is 3.85. The minimum absolute atomic E-state index is 0.118. The second kappa shape index (κ2) is 6.66. The predicted molar refractivity (Wildman–Crippen MR) is 68.6 cm³/mol. The van der Waals surface area contributed by atoms with E-state index in [9.17, 15) is 4.79 Å². The van der Waals surface area contributed by atoms with Gasteiger partial charge in [0, 0.05) is 0 Å². The minimum atomic E-state index is -0.446. The predicted octanol–water partition coefficient (Wildman–Crippen LogP) is 1.09. The summed E-state index contributed by atoms with van der Waals surface area (Å²) in [6, 6.07) is -0.446. The SMILES string of the molecule is CCc1nnc(CNC(=O)[C@@H](N)[C@@H](C)CC)s1. The molecule has 0 aliphatic carbocycles.